The Morgan fingerprint density at radius 3 is 2.65 bits per heavy atom. The van der Waals surface area contributed by atoms with Gasteiger partial charge in [-0.3, -0.25) is 9.69 Å². The molecule has 0 bridgehead atoms. The van der Waals surface area contributed by atoms with Crippen LogP contribution in [0.5, 0.6) is 5.75 Å². The number of piperidine rings is 1. The highest BCUT2D eigenvalue weighted by atomic mass is 19.1. The molecule has 5 rings (SSSR count). The molecule has 2 aliphatic rings. The molecule has 3 heterocycles. The lowest BCUT2D eigenvalue weighted by Crippen LogP contribution is -2.45. The lowest BCUT2D eigenvalue weighted by atomic mass is 10.0. The highest BCUT2D eigenvalue weighted by Crippen LogP contribution is 2.27. The lowest BCUT2D eigenvalue weighted by Gasteiger charge is -2.32. The number of hydrogen-bond acceptors (Lipinski definition) is 6. The van der Waals surface area contributed by atoms with Crippen molar-refractivity contribution in [2.75, 3.05) is 19.7 Å². The van der Waals surface area contributed by atoms with Gasteiger partial charge in [0.05, 0.1) is 18.8 Å². The Hall–Kier alpha value is -3.30. The van der Waals surface area contributed by atoms with Gasteiger partial charge in [0.25, 0.3) is 5.91 Å². The Morgan fingerprint density at radius 2 is 1.88 bits per heavy atom. The van der Waals surface area contributed by atoms with Gasteiger partial charge in [-0.25, -0.2) is 9.07 Å². The number of likely N-dealkylation sites (tertiary alicyclic amines) is 1. The standard InChI is InChI=1S/C25H28FN5O3/c26-19-8-6-18(7-9-19)24-15-31-23(16-34-24)22(28-29-31)14-30-12-10-20(11-13-30)27-25(32)17-33-21-4-2-1-3-5-21/h1-9,20,24H,10-17H2,(H,27,32). The van der Waals surface area contributed by atoms with E-state index in [-0.39, 0.29) is 30.5 Å². The topological polar surface area (TPSA) is 81.5 Å². The minimum atomic E-state index is -0.257. The molecule has 0 radical (unpaired) electrons. The predicted molar refractivity (Wildman–Crippen MR) is 122 cm³/mol. The van der Waals surface area contributed by atoms with Crippen LogP contribution < -0.4 is 10.1 Å². The third-order valence-electron chi connectivity index (χ3n) is 6.36. The number of nitrogens with one attached hydrogen (secondary N) is 1. The van der Waals surface area contributed by atoms with Crippen molar-refractivity contribution in [3.05, 3.63) is 77.4 Å². The molecule has 1 amide bonds. The van der Waals surface area contributed by atoms with Gasteiger partial charge < -0.3 is 14.8 Å². The molecular formula is C25H28FN5O3. The lowest BCUT2D eigenvalue weighted by molar-refractivity contribution is -0.124. The van der Waals surface area contributed by atoms with E-state index >= 15 is 0 Å². The number of benzene rings is 2. The number of ether oxygens (including phenoxy) is 2. The van der Waals surface area contributed by atoms with E-state index < -0.39 is 0 Å². The predicted octanol–water partition coefficient (Wildman–Crippen LogP) is 2.85. The average molecular weight is 466 g/mol. The van der Waals surface area contributed by atoms with Crippen molar-refractivity contribution in [1.29, 1.82) is 0 Å². The maximum Gasteiger partial charge on any atom is 0.258 e. The summed E-state index contributed by atoms with van der Waals surface area (Å²) >= 11 is 0. The number of rotatable bonds is 7. The number of amides is 1. The van der Waals surface area contributed by atoms with Gasteiger partial charge in [0, 0.05) is 25.7 Å². The number of hydrogen-bond donors (Lipinski definition) is 1. The highest BCUT2D eigenvalue weighted by molar-refractivity contribution is 5.77. The molecule has 0 saturated carbocycles. The molecule has 1 saturated heterocycles. The fourth-order valence-corrected chi connectivity index (χ4v) is 4.45. The molecule has 1 N–H and O–H groups in total. The van der Waals surface area contributed by atoms with Crippen LogP contribution in [0.3, 0.4) is 0 Å². The van der Waals surface area contributed by atoms with E-state index in [1.54, 1.807) is 12.1 Å². The van der Waals surface area contributed by atoms with Gasteiger partial charge in [-0.15, -0.1) is 5.10 Å². The van der Waals surface area contributed by atoms with E-state index in [1.807, 2.05) is 35.0 Å². The first-order chi connectivity index (χ1) is 16.6. The van der Waals surface area contributed by atoms with Crippen LogP contribution in [0.25, 0.3) is 0 Å². The van der Waals surface area contributed by atoms with Crippen LogP contribution >= 0.6 is 0 Å². The van der Waals surface area contributed by atoms with Gasteiger partial charge in [-0.05, 0) is 42.7 Å². The molecular weight excluding hydrogens is 437 g/mol. The van der Waals surface area contributed by atoms with E-state index in [9.17, 15) is 9.18 Å². The molecule has 9 heteroatoms. The molecule has 8 nitrogen and oxygen atoms in total. The van der Waals surface area contributed by atoms with Gasteiger partial charge in [0.2, 0.25) is 0 Å². The number of carbonyl (C=O) groups excluding carboxylic acids is 1. The zero-order valence-electron chi connectivity index (χ0n) is 18.9. The minimum Gasteiger partial charge on any atom is -0.484 e. The first-order valence-electron chi connectivity index (χ1n) is 11.6. The second kappa shape index (κ2) is 10.3. The van der Waals surface area contributed by atoms with Crippen molar-refractivity contribution in [3.8, 4) is 5.75 Å². The smallest absolute Gasteiger partial charge is 0.258 e. The maximum absolute atomic E-state index is 13.2. The minimum absolute atomic E-state index is 0.0234. The maximum atomic E-state index is 13.2. The zero-order valence-corrected chi connectivity index (χ0v) is 18.9. The Bertz CT molecular complexity index is 1100. The molecule has 1 aromatic heterocycles. The van der Waals surface area contributed by atoms with Crippen LogP contribution in [0.15, 0.2) is 54.6 Å². The van der Waals surface area contributed by atoms with Crippen molar-refractivity contribution in [3.63, 3.8) is 0 Å². The second-order valence-corrected chi connectivity index (χ2v) is 8.74. The van der Waals surface area contributed by atoms with Crippen molar-refractivity contribution in [2.24, 2.45) is 0 Å². The fraction of sp³-hybridized carbons (Fsp3) is 0.400. The van der Waals surface area contributed by atoms with Crippen LogP contribution in [0.4, 0.5) is 4.39 Å². The first kappa shape index (κ1) is 22.5. The molecule has 178 valence electrons. The van der Waals surface area contributed by atoms with Gasteiger partial charge in [-0.1, -0.05) is 35.5 Å². The van der Waals surface area contributed by atoms with Gasteiger partial charge in [-0.2, -0.15) is 0 Å². The van der Waals surface area contributed by atoms with E-state index in [2.05, 4.69) is 20.5 Å². The summed E-state index contributed by atoms with van der Waals surface area (Å²) in [5.41, 5.74) is 2.85. The first-order valence-corrected chi connectivity index (χ1v) is 11.6. The molecule has 2 aliphatic heterocycles. The van der Waals surface area contributed by atoms with Crippen LogP contribution in [-0.2, 0) is 29.2 Å². The summed E-state index contributed by atoms with van der Waals surface area (Å²) in [4.78, 5) is 14.6. The summed E-state index contributed by atoms with van der Waals surface area (Å²) in [6.45, 7) is 3.46. The third-order valence-corrected chi connectivity index (χ3v) is 6.36. The molecule has 0 spiro atoms. The summed E-state index contributed by atoms with van der Waals surface area (Å²) in [5.74, 6) is 0.340. The monoisotopic (exact) mass is 465 g/mol. The Kier molecular flexibility index (Phi) is 6.82. The third kappa shape index (κ3) is 5.43. The van der Waals surface area contributed by atoms with Gasteiger partial charge >= 0.3 is 0 Å². The van der Waals surface area contributed by atoms with E-state index in [0.717, 1.165) is 42.9 Å². The van der Waals surface area contributed by atoms with Gasteiger partial charge in [0.1, 0.15) is 23.4 Å². The molecule has 2 aromatic carbocycles. The summed E-state index contributed by atoms with van der Waals surface area (Å²) in [6, 6.07) is 15.9. The number of carbonyl (C=O) groups is 1. The van der Waals surface area contributed by atoms with E-state index in [0.29, 0.717) is 25.4 Å². The number of halogens is 1. The molecule has 0 aliphatic carbocycles. The largest absolute Gasteiger partial charge is 0.484 e. The molecule has 1 atom stereocenters. The normalized spacial score (nSPS) is 18.9. The summed E-state index contributed by atoms with van der Waals surface area (Å²) in [7, 11) is 0. The summed E-state index contributed by atoms with van der Waals surface area (Å²) in [6.07, 6.45) is 1.60. The molecule has 1 unspecified atom stereocenters. The average Bonchev–Trinajstić information content (AvgIpc) is 3.27. The van der Waals surface area contributed by atoms with Crippen LogP contribution in [-0.4, -0.2) is 51.5 Å². The van der Waals surface area contributed by atoms with Crippen molar-refractivity contribution in [2.45, 2.75) is 44.7 Å². The Labute approximate surface area is 197 Å². The molecule has 34 heavy (non-hydrogen) atoms. The van der Waals surface area contributed by atoms with Crippen LogP contribution in [0, 0.1) is 5.82 Å². The van der Waals surface area contributed by atoms with Crippen LogP contribution in [0.2, 0.25) is 0 Å². The number of nitrogens with zero attached hydrogens (tertiary/aromatic N) is 4. The van der Waals surface area contributed by atoms with Gasteiger partial charge in [0.15, 0.2) is 6.61 Å². The number of aromatic nitrogens is 3. The molecule has 1 fully saturated rings. The number of fused-ring (bicyclic) bond motifs is 1. The highest BCUT2D eigenvalue weighted by Gasteiger charge is 2.27. The van der Waals surface area contributed by atoms with Crippen molar-refractivity contribution in [1.82, 2.24) is 25.2 Å². The SMILES string of the molecule is O=C(COc1ccccc1)NC1CCN(Cc2nnn3c2COC(c2ccc(F)cc2)C3)CC1. The van der Waals surface area contributed by atoms with E-state index in [1.165, 1.54) is 12.1 Å². The van der Waals surface area contributed by atoms with Crippen molar-refractivity contribution < 1.29 is 18.7 Å². The van der Waals surface area contributed by atoms with Crippen LogP contribution in [0.1, 0.15) is 35.9 Å². The zero-order chi connectivity index (χ0) is 23.3. The van der Waals surface area contributed by atoms with E-state index in [4.69, 9.17) is 9.47 Å². The quantitative estimate of drug-likeness (QED) is 0.578. The molecule has 3 aromatic rings. The summed E-state index contributed by atoms with van der Waals surface area (Å²) in [5, 5.41) is 11.8. The summed E-state index contributed by atoms with van der Waals surface area (Å²) < 4.78 is 26.7. The fourth-order valence-electron chi connectivity index (χ4n) is 4.45. The Morgan fingerprint density at radius 1 is 1.12 bits per heavy atom. The Balaban J connectivity index is 1.08. The second-order valence-electron chi connectivity index (χ2n) is 8.74. The number of para-hydroxylation sites is 1. The van der Waals surface area contributed by atoms with Crippen molar-refractivity contribution >= 4 is 5.91 Å².